The zero-order chi connectivity index (χ0) is 13.8. The molecule has 0 aliphatic heterocycles. The third kappa shape index (κ3) is 3.04. The van der Waals surface area contributed by atoms with Gasteiger partial charge >= 0.3 is 5.97 Å². The van der Waals surface area contributed by atoms with Gasteiger partial charge in [-0.05, 0) is 55.0 Å². The largest absolute Gasteiger partial charge is 0.508 e. The maximum absolute atomic E-state index is 11.9. The van der Waals surface area contributed by atoms with E-state index in [9.17, 15) is 9.90 Å². The molecule has 0 aromatic heterocycles. The number of benzene rings is 2. The van der Waals surface area contributed by atoms with E-state index in [1.165, 1.54) is 6.07 Å². The van der Waals surface area contributed by atoms with Crippen molar-refractivity contribution in [2.24, 2.45) is 0 Å². The third-order valence-electron chi connectivity index (χ3n) is 2.70. The summed E-state index contributed by atoms with van der Waals surface area (Å²) < 4.78 is 10.2. The number of methoxy groups -OCH3 is 1. The molecular weight excluding hydrogens is 244 g/mol. The summed E-state index contributed by atoms with van der Waals surface area (Å²) in [5.41, 5.74) is 1.09. The number of phenolic OH excluding ortho intramolecular Hbond substituents is 1. The van der Waals surface area contributed by atoms with Gasteiger partial charge in [0, 0.05) is 0 Å². The van der Waals surface area contributed by atoms with Crippen molar-refractivity contribution in [2.75, 3.05) is 7.11 Å². The molecule has 0 amide bonds. The molecule has 0 bridgehead atoms. The van der Waals surface area contributed by atoms with E-state index in [0.29, 0.717) is 22.6 Å². The molecule has 2 rings (SSSR count). The number of ether oxygens (including phenoxy) is 2. The number of rotatable bonds is 3. The Morgan fingerprint density at radius 2 is 1.68 bits per heavy atom. The summed E-state index contributed by atoms with van der Waals surface area (Å²) in [5.74, 6) is 0.796. The highest BCUT2D eigenvalue weighted by atomic mass is 16.5. The molecule has 0 atom stereocenters. The predicted molar refractivity (Wildman–Crippen MR) is 70.8 cm³/mol. The minimum Gasteiger partial charge on any atom is -0.508 e. The Hall–Kier alpha value is -2.49. The van der Waals surface area contributed by atoms with Gasteiger partial charge in [-0.25, -0.2) is 4.79 Å². The molecule has 98 valence electrons. The van der Waals surface area contributed by atoms with Crippen molar-refractivity contribution in [2.45, 2.75) is 6.92 Å². The Labute approximate surface area is 111 Å². The topological polar surface area (TPSA) is 55.8 Å². The molecule has 1 N–H and O–H groups in total. The van der Waals surface area contributed by atoms with E-state index >= 15 is 0 Å². The first-order valence-corrected chi connectivity index (χ1v) is 5.76. The number of aryl methyl sites for hydroxylation is 1. The van der Waals surface area contributed by atoms with Crippen LogP contribution in [0.3, 0.4) is 0 Å². The van der Waals surface area contributed by atoms with Crippen LogP contribution in [0.1, 0.15) is 15.9 Å². The molecule has 4 nitrogen and oxygen atoms in total. The molecule has 0 saturated heterocycles. The van der Waals surface area contributed by atoms with Crippen LogP contribution in [0.5, 0.6) is 17.2 Å². The van der Waals surface area contributed by atoms with Gasteiger partial charge in [-0.3, -0.25) is 0 Å². The van der Waals surface area contributed by atoms with Crippen molar-refractivity contribution in [1.29, 1.82) is 0 Å². The Morgan fingerprint density at radius 3 is 2.26 bits per heavy atom. The molecule has 0 saturated carbocycles. The average Bonchev–Trinajstić information content (AvgIpc) is 2.43. The van der Waals surface area contributed by atoms with Crippen LogP contribution in [-0.4, -0.2) is 18.2 Å². The SMILES string of the molecule is COc1ccc(C(=O)Oc2ccc(O)c(C)c2)cc1. The van der Waals surface area contributed by atoms with Crippen molar-refractivity contribution in [1.82, 2.24) is 0 Å². The monoisotopic (exact) mass is 258 g/mol. The normalized spacial score (nSPS) is 10.0. The van der Waals surface area contributed by atoms with E-state index in [1.807, 2.05) is 0 Å². The minimum atomic E-state index is -0.451. The molecule has 19 heavy (non-hydrogen) atoms. The number of hydrogen-bond acceptors (Lipinski definition) is 4. The summed E-state index contributed by atoms with van der Waals surface area (Å²) in [4.78, 5) is 11.9. The van der Waals surface area contributed by atoms with Gasteiger partial charge in [0.2, 0.25) is 0 Å². The molecule has 2 aromatic rings. The van der Waals surface area contributed by atoms with E-state index in [4.69, 9.17) is 9.47 Å². The number of phenols is 1. The summed E-state index contributed by atoms with van der Waals surface area (Å²) in [6, 6.07) is 11.3. The summed E-state index contributed by atoms with van der Waals surface area (Å²) in [7, 11) is 1.56. The first-order valence-electron chi connectivity index (χ1n) is 5.76. The van der Waals surface area contributed by atoms with Gasteiger partial charge in [0.1, 0.15) is 17.2 Å². The second-order valence-electron chi connectivity index (χ2n) is 4.07. The van der Waals surface area contributed by atoms with Gasteiger partial charge in [-0.15, -0.1) is 0 Å². The van der Waals surface area contributed by atoms with Gasteiger partial charge in [0.25, 0.3) is 0 Å². The van der Waals surface area contributed by atoms with Crippen LogP contribution in [0.4, 0.5) is 0 Å². The van der Waals surface area contributed by atoms with Gasteiger partial charge < -0.3 is 14.6 Å². The van der Waals surface area contributed by atoms with Crippen LogP contribution in [0.15, 0.2) is 42.5 Å². The molecule has 0 heterocycles. The average molecular weight is 258 g/mol. The molecule has 2 aromatic carbocycles. The molecule has 0 radical (unpaired) electrons. The van der Waals surface area contributed by atoms with E-state index in [-0.39, 0.29) is 5.75 Å². The maximum atomic E-state index is 11.9. The van der Waals surface area contributed by atoms with Crippen LogP contribution in [-0.2, 0) is 0 Å². The zero-order valence-corrected chi connectivity index (χ0v) is 10.7. The molecule has 0 aliphatic carbocycles. The third-order valence-corrected chi connectivity index (χ3v) is 2.70. The smallest absolute Gasteiger partial charge is 0.343 e. The number of esters is 1. The number of carbonyl (C=O) groups excluding carboxylic acids is 1. The maximum Gasteiger partial charge on any atom is 0.343 e. The molecule has 4 heteroatoms. The fourth-order valence-electron chi connectivity index (χ4n) is 1.58. The fourth-order valence-corrected chi connectivity index (χ4v) is 1.58. The summed E-state index contributed by atoms with van der Waals surface area (Å²) in [5, 5.41) is 9.40. The Kier molecular flexibility index (Phi) is 3.71. The zero-order valence-electron chi connectivity index (χ0n) is 10.7. The number of carbonyl (C=O) groups is 1. The van der Waals surface area contributed by atoms with E-state index in [1.54, 1.807) is 50.4 Å². The lowest BCUT2D eigenvalue weighted by atomic mass is 10.2. The summed E-state index contributed by atoms with van der Waals surface area (Å²) in [6.45, 7) is 1.74. The first-order chi connectivity index (χ1) is 9.10. The van der Waals surface area contributed by atoms with Crippen LogP contribution >= 0.6 is 0 Å². The van der Waals surface area contributed by atoms with E-state index in [0.717, 1.165) is 0 Å². The highest BCUT2D eigenvalue weighted by Gasteiger charge is 2.09. The lowest BCUT2D eigenvalue weighted by molar-refractivity contribution is 0.0734. The molecule has 0 fully saturated rings. The second kappa shape index (κ2) is 5.44. The van der Waals surface area contributed by atoms with Crippen molar-refractivity contribution in [3.8, 4) is 17.2 Å². The number of hydrogen-bond donors (Lipinski definition) is 1. The van der Waals surface area contributed by atoms with Crippen molar-refractivity contribution in [3.05, 3.63) is 53.6 Å². The fraction of sp³-hybridized carbons (Fsp3) is 0.133. The van der Waals surface area contributed by atoms with Crippen LogP contribution < -0.4 is 9.47 Å². The quantitative estimate of drug-likeness (QED) is 0.679. The second-order valence-corrected chi connectivity index (χ2v) is 4.07. The Balaban J connectivity index is 2.13. The van der Waals surface area contributed by atoms with Gasteiger partial charge in [-0.1, -0.05) is 0 Å². The Morgan fingerprint density at radius 1 is 1.05 bits per heavy atom. The lowest BCUT2D eigenvalue weighted by Crippen LogP contribution is -2.08. The highest BCUT2D eigenvalue weighted by Crippen LogP contribution is 2.22. The van der Waals surface area contributed by atoms with Crippen LogP contribution in [0.25, 0.3) is 0 Å². The Bertz CT molecular complexity index is 588. The predicted octanol–water partition coefficient (Wildman–Crippen LogP) is 2.93. The van der Waals surface area contributed by atoms with E-state index in [2.05, 4.69) is 0 Å². The van der Waals surface area contributed by atoms with Crippen LogP contribution in [0, 0.1) is 6.92 Å². The molecule has 0 spiro atoms. The molecular formula is C15H14O4. The standard InChI is InChI=1S/C15H14O4/c1-10-9-13(7-8-14(10)16)19-15(17)11-3-5-12(18-2)6-4-11/h3-9,16H,1-2H3. The lowest BCUT2D eigenvalue weighted by Gasteiger charge is -2.06. The summed E-state index contributed by atoms with van der Waals surface area (Å²) >= 11 is 0. The highest BCUT2D eigenvalue weighted by molar-refractivity contribution is 5.91. The molecule has 0 aliphatic rings. The van der Waals surface area contributed by atoms with Gasteiger partial charge in [0.15, 0.2) is 0 Å². The van der Waals surface area contributed by atoms with Crippen molar-refractivity contribution in [3.63, 3.8) is 0 Å². The molecule has 0 unspecified atom stereocenters. The van der Waals surface area contributed by atoms with Gasteiger partial charge in [-0.2, -0.15) is 0 Å². The summed E-state index contributed by atoms with van der Waals surface area (Å²) in [6.07, 6.45) is 0. The van der Waals surface area contributed by atoms with Crippen LogP contribution in [0.2, 0.25) is 0 Å². The first kappa shape index (κ1) is 13.0. The van der Waals surface area contributed by atoms with Crippen molar-refractivity contribution < 1.29 is 19.4 Å². The van der Waals surface area contributed by atoms with Crippen molar-refractivity contribution >= 4 is 5.97 Å². The van der Waals surface area contributed by atoms with E-state index < -0.39 is 5.97 Å². The minimum absolute atomic E-state index is 0.171. The van der Waals surface area contributed by atoms with Gasteiger partial charge in [0.05, 0.1) is 12.7 Å². The number of aromatic hydroxyl groups is 1.